The van der Waals surface area contributed by atoms with Gasteiger partial charge in [0.1, 0.15) is 6.10 Å². The topological polar surface area (TPSA) is 102 Å². The van der Waals surface area contributed by atoms with Gasteiger partial charge in [-0.25, -0.2) is 0 Å². The van der Waals surface area contributed by atoms with Crippen LogP contribution in [0.15, 0.2) is 34.9 Å². The average molecular weight is 860 g/mol. The van der Waals surface area contributed by atoms with Crippen LogP contribution in [-0.2, 0) is 28.6 Å². The Hall–Kier alpha value is -2.45. The molecule has 0 spiro atoms. The van der Waals surface area contributed by atoms with Gasteiger partial charge in [-0.15, -0.1) is 0 Å². The van der Waals surface area contributed by atoms with Crippen molar-refractivity contribution in [3.8, 4) is 0 Å². The van der Waals surface area contributed by atoms with Crippen LogP contribution in [-0.4, -0.2) is 74.0 Å². The van der Waals surface area contributed by atoms with Gasteiger partial charge < -0.3 is 24.2 Å². The van der Waals surface area contributed by atoms with E-state index < -0.39 is 0 Å². The summed E-state index contributed by atoms with van der Waals surface area (Å²) in [4.78, 5) is 39.8. The molecule has 0 rings (SSSR count). The Labute approximate surface area is 376 Å². The molecule has 61 heavy (non-hydrogen) atoms. The second-order valence-electron chi connectivity index (χ2n) is 19.1. The smallest absolute Gasteiger partial charge is 0.306 e. The van der Waals surface area contributed by atoms with E-state index >= 15 is 0 Å². The summed E-state index contributed by atoms with van der Waals surface area (Å²) in [6, 6.07) is 0. The summed E-state index contributed by atoms with van der Waals surface area (Å²) in [5.41, 5.74) is 4.11. The third kappa shape index (κ3) is 41.3. The third-order valence-electron chi connectivity index (χ3n) is 11.9. The van der Waals surface area contributed by atoms with E-state index in [4.69, 9.17) is 19.3 Å². The summed E-state index contributed by atoms with van der Waals surface area (Å²) in [5.74, 6) is 1.41. The van der Waals surface area contributed by atoms with Crippen molar-refractivity contribution in [1.82, 2.24) is 4.90 Å². The number of carbonyl (C=O) groups is 3. The second kappa shape index (κ2) is 40.3. The number of unbranched alkanes of at least 4 members (excludes halogenated alkanes) is 8. The van der Waals surface area contributed by atoms with Crippen molar-refractivity contribution in [2.24, 2.45) is 17.8 Å². The molecule has 0 fully saturated rings. The molecule has 356 valence electrons. The van der Waals surface area contributed by atoms with Crippen molar-refractivity contribution in [3.63, 3.8) is 0 Å². The van der Waals surface area contributed by atoms with Crippen LogP contribution in [0.4, 0.5) is 0 Å². The zero-order chi connectivity index (χ0) is 45.5. The van der Waals surface area contributed by atoms with Gasteiger partial charge in [0.2, 0.25) is 0 Å². The summed E-state index contributed by atoms with van der Waals surface area (Å²) < 4.78 is 17.1. The number of nitrogens with zero attached hydrogens (tertiary/aromatic N) is 1. The Bertz CT molecular complexity index is 1120. The maximum atomic E-state index is 13.0. The van der Waals surface area contributed by atoms with Gasteiger partial charge in [-0.2, -0.15) is 0 Å². The molecule has 0 aromatic rings. The van der Waals surface area contributed by atoms with Crippen LogP contribution in [0, 0.1) is 17.8 Å². The van der Waals surface area contributed by atoms with Gasteiger partial charge >= 0.3 is 17.9 Å². The Morgan fingerprint density at radius 1 is 0.492 bits per heavy atom. The van der Waals surface area contributed by atoms with Crippen molar-refractivity contribution < 1.29 is 33.7 Å². The first-order valence-corrected chi connectivity index (χ1v) is 24.9. The molecule has 0 amide bonds. The normalized spacial score (nSPS) is 13.7. The molecule has 8 nitrogen and oxygen atoms in total. The van der Waals surface area contributed by atoms with E-state index in [0.29, 0.717) is 50.2 Å². The summed E-state index contributed by atoms with van der Waals surface area (Å²) in [5, 5.41) is 9.12. The van der Waals surface area contributed by atoms with Gasteiger partial charge in [-0.3, -0.25) is 14.4 Å². The van der Waals surface area contributed by atoms with Crippen molar-refractivity contribution in [3.05, 3.63) is 34.9 Å². The van der Waals surface area contributed by atoms with E-state index in [2.05, 4.69) is 85.6 Å². The minimum Gasteiger partial charge on any atom is -0.466 e. The maximum absolute atomic E-state index is 13.0. The highest BCUT2D eigenvalue weighted by Gasteiger charge is 2.15. The first-order chi connectivity index (χ1) is 29.2. The number of ether oxygens (including phenoxy) is 3. The summed E-state index contributed by atoms with van der Waals surface area (Å²) in [6.45, 7) is 20.5. The first-order valence-electron chi connectivity index (χ1n) is 24.9. The van der Waals surface area contributed by atoms with Gasteiger partial charge in [-0.05, 0) is 175 Å². The molecule has 0 aliphatic carbocycles. The number of esters is 3. The van der Waals surface area contributed by atoms with Gasteiger partial charge in [0.25, 0.3) is 0 Å². The van der Waals surface area contributed by atoms with E-state index in [0.717, 1.165) is 161 Å². The standard InChI is InChI=1S/C53H97NO7/c1-44(2)24-20-26-48(7)37-42-59-51(56)32-18-14-10-12-16-30-50(31-17-13-11-15-19-33-52(57)60-43-38-49(8)27-21-25-45(3)4)61-53(58)34-23-39-54(9)40-35-46(5)28-22-29-47(6)36-41-55/h24-25,28,47-50,55H,10-23,26-27,29-43H2,1-9H3. The molecular weight excluding hydrogens is 763 g/mol. The number of rotatable bonds is 41. The molecule has 0 aliphatic rings. The molecule has 0 saturated carbocycles. The Kier molecular flexibility index (Phi) is 38.7. The molecule has 0 radical (unpaired) electrons. The second-order valence-corrected chi connectivity index (χ2v) is 19.1. The largest absolute Gasteiger partial charge is 0.466 e. The highest BCUT2D eigenvalue weighted by molar-refractivity contribution is 5.70. The van der Waals surface area contributed by atoms with Gasteiger partial charge in [0.15, 0.2) is 0 Å². The molecule has 0 heterocycles. The summed E-state index contributed by atoms with van der Waals surface area (Å²) in [6.07, 6.45) is 31.1. The lowest BCUT2D eigenvalue weighted by Crippen LogP contribution is -2.23. The molecule has 0 aliphatic heterocycles. The van der Waals surface area contributed by atoms with Crippen molar-refractivity contribution in [1.29, 1.82) is 0 Å². The van der Waals surface area contributed by atoms with E-state index in [1.807, 2.05) is 0 Å². The number of hydrogen-bond donors (Lipinski definition) is 1. The number of aliphatic hydroxyl groups is 1. The lowest BCUT2D eigenvalue weighted by atomic mass is 10.0. The zero-order valence-electron chi connectivity index (χ0n) is 41.3. The predicted octanol–water partition coefficient (Wildman–Crippen LogP) is 13.8. The zero-order valence-corrected chi connectivity index (χ0v) is 41.3. The minimum atomic E-state index is -0.0897. The summed E-state index contributed by atoms with van der Waals surface area (Å²) >= 11 is 0. The molecule has 3 unspecified atom stereocenters. The molecule has 0 aromatic heterocycles. The Balaban J connectivity index is 4.58. The SMILES string of the molecule is CC(C)=CCCC(C)CCOC(=O)CCCCCCCC(CCCCCCCC(=O)OCCC(C)CCC=C(C)C)OC(=O)CCCN(C)CCC(C)=CCCC(C)CCO. The van der Waals surface area contributed by atoms with E-state index in [-0.39, 0.29) is 30.6 Å². The molecular formula is C53H97NO7. The fourth-order valence-corrected chi connectivity index (χ4v) is 7.40. The van der Waals surface area contributed by atoms with Gasteiger partial charge in [-0.1, -0.05) is 94.2 Å². The predicted molar refractivity (Wildman–Crippen MR) is 257 cm³/mol. The quantitative estimate of drug-likeness (QED) is 0.0281. The van der Waals surface area contributed by atoms with Crippen molar-refractivity contribution in [2.75, 3.05) is 40.0 Å². The molecule has 3 atom stereocenters. The number of allylic oxidation sites excluding steroid dienone is 5. The highest BCUT2D eigenvalue weighted by Crippen LogP contribution is 2.19. The molecule has 8 heteroatoms. The van der Waals surface area contributed by atoms with Crippen LogP contribution < -0.4 is 0 Å². The summed E-state index contributed by atoms with van der Waals surface area (Å²) in [7, 11) is 2.13. The van der Waals surface area contributed by atoms with Crippen LogP contribution in [0.3, 0.4) is 0 Å². The van der Waals surface area contributed by atoms with Gasteiger partial charge in [0.05, 0.1) is 13.2 Å². The van der Waals surface area contributed by atoms with Gasteiger partial charge in [0, 0.05) is 32.4 Å². The molecule has 1 N–H and O–H groups in total. The van der Waals surface area contributed by atoms with E-state index in [1.165, 1.54) is 16.7 Å². The fourth-order valence-electron chi connectivity index (χ4n) is 7.40. The van der Waals surface area contributed by atoms with E-state index in [9.17, 15) is 14.4 Å². The molecule has 0 bridgehead atoms. The fraction of sp³-hybridized carbons (Fsp3) is 0.830. The van der Waals surface area contributed by atoms with E-state index in [1.54, 1.807) is 0 Å². The molecule has 0 aromatic carbocycles. The van der Waals surface area contributed by atoms with Crippen LogP contribution in [0.2, 0.25) is 0 Å². The van der Waals surface area contributed by atoms with Crippen LogP contribution in [0.25, 0.3) is 0 Å². The maximum Gasteiger partial charge on any atom is 0.306 e. The number of hydrogen-bond acceptors (Lipinski definition) is 8. The van der Waals surface area contributed by atoms with Crippen molar-refractivity contribution >= 4 is 17.9 Å². The lowest BCUT2D eigenvalue weighted by molar-refractivity contribution is -0.150. The third-order valence-corrected chi connectivity index (χ3v) is 11.9. The monoisotopic (exact) mass is 860 g/mol. The number of carbonyl (C=O) groups excluding carboxylic acids is 3. The minimum absolute atomic E-state index is 0.0584. The Morgan fingerprint density at radius 3 is 1.39 bits per heavy atom. The first kappa shape index (κ1) is 58.6. The van der Waals surface area contributed by atoms with Crippen LogP contribution >= 0.6 is 0 Å². The van der Waals surface area contributed by atoms with Crippen LogP contribution in [0.1, 0.15) is 222 Å². The highest BCUT2D eigenvalue weighted by atomic mass is 16.5. The molecule has 0 saturated heterocycles. The van der Waals surface area contributed by atoms with Crippen molar-refractivity contribution in [2.45, 2.75) is 228 Å². The van der Waals surface area contributed by atoms with Crippen LogP contribution in [0.5, 0.6) is 0 Å². The average Bonchev–Trinajstić information content (AvgIpc) is 3.19. The Morgan fingerprint density at radius 2 is 0.918 bits per heavy atom. The number of aliphatic hydroxyl groups excluding tert-OH is 1. The lowest BCUT2D eigenvalue weighted by Gasteiger charge is -2.19.